The van der Waals surface area contributed by atoms with E-state index in [0.717, 1.165) is 51.2 Å². The molecular weight excluding hydrogens is 442 g/mol. The molecule has 0 radical (unpaired) electrons. The van der Waals surface area contributed by atoms with Crippen molar-refractivity contribution in [1.82, 2.24) is 24.7 Å². The van der Waals surface area contributed by atoms with Gasteiger partial charge in [-0.2, -0.15) is 15.1 Å². The van der Waals surface area contributed by atoms with Crippen LogP contribution in [0.25, 0.3) is 22.3 Å². The van der Waals surface area contributed by atoms with Gasteiger partial charge in [0, 0.05) is 31.0 Å². The predicted molar refractivity (Wildman–Crippen MR) is 134 cm³/mol. The molecule has 3 aliphatic rings. The Hall–Kier alpha value is -3.75. The van der Waals surface area contributed by atoms with Crippen molar-refractivity contribution in [2.45, 2.75) is 38.6 Å². The Morgan fingerprint density at radius 1 is 1.06 bits per heavy atom. The SMILES string of the molecule is Cc1c[nH]c2nc(Nc3ccc(-c4ccnn4C)c4c3OCCO4)nc(NC3C[C@H]4CC[C@@H]3C4)c12. The first-order valence-electron chi connectivity index (χ1n) is 12.4. The first-order valence-corrected chi connectivity index (χ1v) is 12.4. The molecule has 7 rings (SSSR count). The van der Waals surface area contributed by atoms with Crippen molar-refractivity contribution in [1.29, 1.82) is 0 Å². The van der Waals surface area contributed by atoms with E-state index in [1.807, 2.05) is 36.1 Å². The van der Waals surface area contributed by atoms with Crippen molar-refractivity contribution in [3.8, 4) is 22.8 Å². The van der Waals surface area contributed by atoms with Gasteiger partial charge in [0.25, 0.3) is 0 Å². The fourth-order valence-corrected chi connectivity index (χ4v) is 6.14. The van der Waals surface area contributed by atoms with E-state index in [9.17, 15) is 0 Å². The number of hydrogen-bond acceptors (Lipinski definition) is 7. The summed E-state index contributed by atoms with van der Waals surface area (Å²) in [5.74, 6) is 4.41. The Bertz CT molecular complexity index is 1420. The molecule has 3 N–H and O–H groups in total. The Labute approximate surface area is 203 Å². The lowest BCUT2D eigenvalue weighted by Crippen LogP contribution is -2.26. The third-order valence-corrected chi connectivity index (χ3v) is 7.82. The van der Waals surface area contributed by atoms with Gasteiger partial charge in [-0.3, -0.25) is 4.68 Å². The molecule has 1 unspecified atom stereocenters. The fraction of sp³-hybridized carbons (Fsp3) is 0.423. The van der Waals surface area contributed by atoms with E-state index in [2.05, 4.69) is 27.6 Å². The van der Waals surface area contributed by atoms with Gasteiger partial charge in [-0.25, -0.2) is 0 Å². The second-order valence-corrected chi connectivity index (χ2v) is 10.00. The van der Waals surface area contributed by atoms with Gasteiger partial charge in [0.15, 0.2) is 11.5 Å². The zero-order valence-corrected chi connectivity index (χ0v) is 20.0. The number of H-pyrrole nitrogens is 1. The number of hydrogen-bond donors (Lipinski definition) is 3. The van der Waals surface area contributed by atoms with E-state index in [4.69, 9.17) is 19.4 Å². The predicted octanol–water partition coefficient (Wildman–Crippen LogP) is 4.78. The van der Waals surface area contributed by atoms with Gasteiger partial charge in [-0.1, -0.05) is 6.42 Å². The Morgan fingerprint density at radius 2 is 1.94 bits per heavy atom. The number of aromatic nitrogens is 5. The van der Waals surface area contributed by atoms with E-state index in [1.165, 1.54) is 25.7 Å². The van der Waals surface area contributed by atoms with Crippen LogP contribution in [0.2, 0.25) is 0 Å². The zero-order valence-electron chi connectivity index (χ0n) is 20.0. The molecule has 3 atom stereocenters. The Morgan fingerprint density at radius 3 is 2.71 bits per heavy atom. The van der Waals surface area contributed by atoms with Crippen LogP contribution in [0.3, 0.4) is 0 Å². The summed E-state index contributed by atoms with van der Waals surface area (Å²) in [5, 5.41) is 12.6. The van der Waals surface area contributed by atoms with E-state index >= 15 is 0 Å². The average molecular weight is 472 g/mol. The maximum Gasteiger partial charge on any atom is 0.231 e. The molecule has 0 spiro atoms. The molecule has 9 nitrogen and oxygen atoms in total. The highest BCUT2D eigenvalue weighted by Gasteiger charge is 2.40. The number of nitrogens with zero attached hydrogens (tertiary/aromatic N) is 4. The summed E-state index contributed by atoms with van der Waals surface area (Å²) in [6.07, 6.45) is 9.05. The molecule has 2 saturated carbocycles. The van der Waals surface area contributed by atoms with Gasteiger partial charge in [-0.05, 0) is 61.8 Å². The minimum atomic E-state index is 0.483. The lowest BCUT2D eigenvalue weighted by atomic mass is 9.95. The quantitative estimate of drug-likeness (QED) is 0.385. The normalized spacial score (nSPS) is 22.6. The number of nitrogens with one attached hydrogen (secondary N) is 3. The number of anilines is 3. The highest BCUT2D eigenvalue weighted by Crippen LogP contribution is 2.47. The molecule has 4 aromatic rings. The minimum Gasteiger partial charge on any atom is -0.485 e. The lowest BCUT2D eigenvalue weighted by Gasteiger charge is -2.25. The van der Waals surface area contributed by atoms with Gasteiger partial charge in [-0.15, -0.1) is 0 Å². The Balaban J connectivity index is 1.26. The van der Waals surface area contributed by atoms with Gasteiger partial charge >= 0.3 is 0 Å². The van der Waals surface area contributed by atoms with Crippen LogP contribution >= 0.6 is 0 Å². The van der Waals surface area contributed by atoms with Crippen molar-refractivity contribution < 1.29 is 9.47 Å². The first-order chi connectivity index (χ1) is 17.1. The molecule has 0 saturated heterocycles. The highest BCUT2D eigenvalue weighted by atomic mass is 16.6. The Kier molecular flexibility index (Phi) is 4.65. The first kappa shape index (κ1) is 20.6. The van der Waals surface area contributed by atoms with Crippen molar-refractivity contribution >= 4 is 28.5 Å². The van der Waals surface area contributed by atoms with E-state index < -0.39 is 0 Å². The summed E-state index contributed by atoms with van der Waals surface area (Å²) in [4.78, 5) is 13.0. The topological polar surface area (TPSA) is 102 Å². The molecule has 2 bridgehead atoms. The van der Waals surface area contributed by atoms with Gasteiger partial charge in [0.1, 0.15) is 24.7 Å². The summed E-state index contributed by atoms with van der Waals surface area (Å²) >= 11 is 0. The van der Waals surface area contributed by atoms with Crippen molar-refractivity contribution in [2.75, 3.05) is 23.8 Å². The second-order valence-electron chi connectivity index (χ2n) is 10.00. The smallest absolute Gasteiger partial charge is 0.231 e. The van der Waals surface area contributed by atoms with Gasteiger partial charge in [0.05, 0.1) is 16.8 Å². The standard InChI is InChI=1S/C26H29N7O2/c1-14-13-27-24-21(14)25(29-19-12-15-3-4-16(19)11-15)32-26(31-24)30-18-6-5-17(20-7-8-28-33(20)2)22-23(18)35-10-9-34-22/h5-8,13,15-16,19H,3-4,9-12H2,1-2H3,(H3,27,29,30,31,32)/t15-,16+,19?/m0/s1. The summed E-state index contributed by atoms with van der Waals surface area (Å²) in [5.41, 5.74) is 4.66. The summed E-state index contributed by atoms with van der Waals surface area (Å²) in [6.45, 7) is 3.09. The molecule has 180 valence electrons. The van der Waals surface area contributed by atoms with E-state index in [-0.39, 0.29) is 0 Å². The fourth-order valence-electron chi connectivity index (χ4n) is 6.14. The molecule has 35 heavy (non-hydrogen) atoms. The minimum absolute atomic E-state index is 0.483. The van der Waals surface area contributed by atoms with Gasteiger partial charge in [0.2, 0.25) is 5.95 Å². The third kappa shape index (κ3) is 3.40. The lowest BCUT2D eigenvalue weighted by molar-refractivity contribution is 0.173. The number of aryl methyl sites for hydroxylation is 2. The van der Waals surface area contributed by atoms with E-state index in [0.29, 0.717) is 36.7 Å². The zero-order chi connectivity index (χ0) is 23.5. The molecule has 4 heterocycles. The van der Waals surface area contributed by atoms with Crippen molar-refractivity contribution in [3.63, 3.8) is 0 Å². The van der Waals surface area contributed by atoms with Crippen LogP contribution in [0.15, 0.2) is 30.6 Å². The van der Waals surface area contributed by atoms with Crippen LogP contribution in [0.4, 0.5) is 17.5 Å². The van der Waals surface area contributed by atoms with Crippen LogP contribution in [0.1, 0.15) is 31.2 Å². The molecule has 9 heteroatoms. The number of aromatic amines is 1. The number of ether oxygens (including phenoxy) is 2. The van der Waals surface area contributed by atoms with Crippen molar-refractivity contribution in [2.24, 2.45) is 18.9 Å². The van der Waals surface area contributed by atoms with Crippen LogP contribution < -0.4 is 20.1 Å². The van der Waals surface area contributed by atoms with Crippen LogP contribution in [0, 0.1) is 18.8 Å². The summed E-state index contributed by atoms with van der Waals surface area (Å²) in [6, 6.07) is 6.47. The summed E-state index contributed by atoms with van der Waals surface area (Å²) < 4.78 is 14.0. The molecule has 3 aromatic heterocycles. The van der Waals surface area contributed by atoms with Gasteiger partial charge < -0.3 is 25.1 Å². The molecule has 2 aliphatic carbocycles. The maximum absolute atomic E-state index is 6.07. The molecule has 2 fully saturated rings. The van der Waals surface area contributed by atoms with Crippen LogP contribution in [0.5, 0.6) is 11.5 Å². The number of benzene rings is 1. The van der Waals surface area contributed by atoms with E-state index in [1.54, 1.807) is 6.20 Å². The number of fused-ring (bicyclic) bond motifs is 4. The van der Waals surface area contributed by atoms with Crippen LogP contribution in [-0.4, -0.2) is 44.0 Å². The average Bonchev–Trinajstić information content (AvgIpc) is 3.66. The number of rotatable bonds is 5. The molecule has 0 amide bonds. The third-order valence-electron chi connectivity index (χ3n) is 7.82. The molecule has 1 aromatic carbocycles. The monoisotopic (exact) mass is 471 g/mol. The highest BCUT2D eigenvalue weighted by molar-refractivity contribution is 5.92. The second kappa shape index (κ2) is 7.90. The maximum atomic E-state index is 6.07. The molecular formula is C26H29N7O2. The van der Waals surface area contributed by atoms with Crippen LogP contribution in [-0.2, 0) is 7.05 Å². The summed E-state index contributed by atoms with van der Waals surface area (Å²) in [7, 11) is 1.92. The van der Waals surface area contributed by atoms with Crippen molar-refractivity contribution in [3.05, 3.63) is 36.2 Å². The largest absolute Gasteiger partial charge is 0.485 e. The molecule has 1 aliphatic heterocycles.